The maximum absolute atomic E-state index is 2.52. The lowest BCUT2D eigenvalue weighted by Crippen LogP contribution is -2.32. The largest absolute Gasteiger partial charge is 0.349 e. The maximum Gasteiger partial charge on any atom is 0.0910 e. The van der Waals surface area contributed by atoms with Gasteiger partial charge in [0.2, 0.25) is 0 Å². The lowest BCUT2D eigenvalue weighted by molar-refractivity contribution is 0.645. The van der Waals surface area contributed by atoms with E-state index in [-0.39, 0.29) is 0 Å². The van der Waals surface area contributed by atoms with E-state index in [1.807, 2.05) is 0 Å². The molecular formula is C19H24N2. The molecule has 1 aliphatic rings. The first-order chi connectivity index (χ1) is 10.1. The van der Waals surface area contributed by atoms with Crippen molar-refractivity contribution in [2.45, 2.75) is 39.8 Å². The molecule has 0 aromatic heterocycles. The molecule has 0 amide bonds. The zero-order valence-electron chi connectivity index (χ0n) is 13.4. The molecule has 2 atom stereocenters. The molecule has 1 saturated heterocycles. The van der Waals surface area contributed by atoms with Crippen LogP contribution in [0.3, 0.4) is 0 Å². The Morgan fingerprint density at radius 2 is 1.10 bits per heavy atom. The Balaban J connectivity index is 1.95. The number of rotatable bonds is 2. The first-order valence-corrected chi connectivity index (χ1v) is 7.74. The van der Waals surface area contributed by atoms with Crippen LogP contribution in [0.2, 0.25) is 0 Å². The van der Waals surface area contributed by atoms with Crippen molar-refractivity contribution in [2.24, 2.45) is 0 Å². The van der Waals surface area contributed by atoms with Crippen LogP contribution in [0.4, 0.5) is 11.4 Å². The number of anilines is 2. The molecule has 0 radical (unpaired) electrons. The van der Waals surface area contributed by atoms with Crippen molar-refractivity contribution in [1.82, 2.24) is 0 Å². The Kier molecular flexibility index (Phi) is 3.62. The SMILES string of the molecule is Cc1ccccc1N1CN(c2ccccc2C)[C@@H](C)[C@@H]1C. The molecular weight excluding hydrogens is 256 g/mol. The predicted octanol–water partition coefficient (Wildman–Crippen LogP) is 4.36. The second-order valence-electron chi connectivity index (χ2n) is 6.14. The number of aryl methyl sites for hydroxylation is 2. The van der Waals surface area contributed by atoms with Crippen molar-refractivity contribution in [2.75, 3.05) is 16.5 Å². The molecule has 2 aromatic carbocycles. The van der Waals surface area contributed by atoms with Crippen LogP contribution in [0.1, 0.15) is 25.0 Å². The molecule has 2 nitrogen and oxygen atoms in total. The molecule has 3 rings (SSSR count). The minimum Gasteiger partial charge on any atom is -0.349 e. The van der Waals surface area contributed by atoms with Gasteiger partial charge in [-0.2, -0.15) is 0 Å². The topological polar surface area (TPSA) is 6.48 Å². The average molecular weight is 280 g/mol. The molecule has 1 heterocycles. The normalized spacial score (nSPS) is 21.9. The number of benzene rings is 2. The third-order valence-electron chi connectivity index (χ3n) is 4.84. The lowest BCUT2D eigenvalue weighted by Gasteiger charge is -2.25. The number of nitrogens with zero attached hydrogens (tertiary/aromatic N) is 2. The molecule has 0 saturated carbocycles. The monoisotopic (exact) mass is 280 g/mol. The fourth-order valence-electron chi connectivity index (χ4n) is 3.31. The zero-order valence-corrected chi connectivity index (χ0v) is 13.4. The van der Waals surface area contributed by atoms with Gasteiger partial charge in [-0.25, -0.2) is 0 Å². The quantitative estimate of drug-likeness (QED) is 0.806. The summed E-state index contributed by atoms with van der Waals surface area (Å²) in [7, 11) is 0. The summed E-state index contributed by atoms with van der Waals surface area (Å²) in [5.41, 5.74) is 5.41. The number of hydrogen-bond acceptors (Lipinski definition) is 2. The lowest BCUT2D eigenvalue weighted by atomic mass is 10.1. The summed E-state index contributed by atoms with van der Waals surface area (Å²) >= 11 is 0. The van der Waals surface area contributed by atoms with Crippen LogP contribution in [0, 0.1) is 13.8 Å². The Bertz CT molecular complexity index is 579. The van der Waals surface area contributed by atoms with Crippen molar-refractivity contribution in [3.05, 3.63) is 59.7 Å². The van der Waals surface area contributed by atoms with Crippen molar-refractivity contribution in [3.63, 3.8) is 0 Å². The summed E-state index contributed by atoms with van der Waals surface area (Å²) < 4.78 is 0. The summed E-state index contributed by atoms with van der Waals surface area (Å²) in [6.45, 7) is 10.0. The van der Waals surface area contributed by atoms with Gasteiger partial charge in [0, 0.05) is 23.5 Å². The molecule has 0 aliphatic carbocycles. The molecule has 2 heteroatoms. The molecule has 2 aromatic rings. The molecule has 0 unspecified atom stereocenters. The van der Waals surface area contributed by atoms with Gasteiger partial charge in [0.1, 0.15) is 0 Å². The van der Waals surface area contributed by atoms with Crippen LogP contribution >= 0.6 is 0 Å². The summed E-state index contributed by atoms with van der Waals surface area (Å²) in [4.78, 5) is 5.04. The Morgan fingerprint density at radius 3 is 1.48 bits per heavy atom. The van der Waals surface area contributed by atoms with E-state index in [1.165, 1.54) is 22.5 Å². The predicted molar refractivity (Wildman–Crippen MR) is 91.1 cm³/mol. The van der Waals surface area contributed by atoms with Crippen molar-refractivity contribution < 1.29 is 0 Å². The highest BCUT2D eigenvalue weighted by atomic mass is 15.4. The van der Waals surface area contributed by atoms with Gasteiger partial charge >= 0.3 is 0 Å². The fourth-order valence-corrected chi connectivity index (χ4v) is 3.31. The van der Waals surface area contributed by atoms with Gasteiger partial charge in [-0.1, -0.05) is 36.4 Å². The van der Waals surface area contributed by atoms with Crippen molar-refractivity contribution in [1.29, 1.82) is 0 Å². The van der Waals surface area contributed by atoms with Gasteiger partial charge in [-0.05, 0) is 51.0 Å². The highest BCUT2D eigenvalue weighted by Crippen LogP contribution is 2.33. The third-order valence-corrected chi connectivity index (χ3v) is 4.84. The van der Waals surface area contributed by atoms with E-state index >= 15 is 0 Å². The molecule has 0 N–H and O–H groups in total. The zero-order chi connectivity index (χ0) is 15.0. The van der Waals surface area contributed by atoms with Crippen molar-refractivity contribution in [3.8, 4) is 0 Å². The average Bonchev–Trinajstić information content (AvgIpc) is 2.77. The highest BCUT2D eigenvalue weighted by Gasteiger charge is 2.35. The minimum absolute atomic E-state index is 0.505. The standard InChI is InChI=1S/C19H24N2/c1-14-9-5-7-11-18(14)20-13-21(17(4)16(20)3)19-12-8-6-10-15(19)2/h5-12,16-17H,13H2,1-4H3/t16-,17-/m0/s1. The Labute approximate surface area is 128 Å². The highest BCUT2D eigenvalue weighted by molar-refractivity contribution is 5.62. The fraction of sp³-hybridized carbons (Fsp3) is 0.368. The second kappa shape index (κ2) is 5.44. The summed E-state index contributed by atoms with van der Waals surface area (Å²) in [5, 5.41) is 0. The van der Waals surface area contributed by atoms with Crippen LogP contribution in [0.25, 0.3) is 0 Å². The molecule has 0 spiro atoms. The molecule has 110 valence electrons. The summed E-state index contributed by atoms with van der Waals surface area (Å²) in [5.74, 6) is 0. The van der Waals surface area contributed by atoms with Crippen LogP contribution in [0.5, 0.6) is 0 Å². The first kappa shape index (κ1) is 14.0. The van der Waals surface area contributed by atoms with Gasteiger partial charge in [0.25, 0.3) is 0 Å². The Hall–Kier alpha value is -1.96. The number of para-hydroxylation sites is 2. The first-order valence-electron chi connectivity index (χ1n) is 7.74. The Morgan fingerprint density at radius 1 is 0.714 bits per heavy atom. The van der Waals surface area contributed by atoms with Gasteiger partial charge in [-0.15, -0.1) is 0 Å². The van der Waals surface area contributed by atoms with E-state index in [0.29, 0.717) is 12.1 Å². The molecule has 1 aliphatic heterocycles. The van der Waals surface area contributed by atoms with E-state index in [9.17, 15) is 0 Å². The molecule has 21 heavy (non-hydrogen) atoms. The molecule has 0 bridgehead atoms. The van der Waals surface area contributed by atoms with Crippen LogP contribution in [0.15, 0.2) is 48.5 Å². The molecule has 1 fully saturated rings. The summed E-state index contributed by atoms with van der Waals surface area (Å²) in [6.07, 6.45) is 0. The van der Waals surface area contributed by atoms with Gasteiger partial charge in [0.15, 0.2) is 0 Å². The van der Waals surface area contributed by atoms with Crippen LogP contribution in [-0.2, 0) is 0 Å². The van der Waals surface area contributed by atoms with E-state index in [1.54, 1.807) is 0 Å². The van der Waals surface area contributed by atoms with Gasteiger partial charge < -0.3 is 9.80 Å². The van der Waals surface area contributed by atoms with Crippen molar-refractivity contribution >= 4 is 11.4 Å². The van der Waals surface area contributed by atoms with E-state index < -0.39 is 0 Å². The smallest absolute Gasteiger partial charge is 0.0910 e. The van der Waals surface area contributed by atoms with E-state index in [2.05, 4.69) is 86.0 Å². The van der Waals surface area contributed by atoms with Crippen LogP contribution < -0.4 is 9.80 Å². The third kappa shape index (κ3) is 2.39. The summed E-state index contributed by atoms with van der Waals surface area (Å²) in [6, 6.07) is 18.4. The van der Waals surface area contributed by atoms with Crippen LogP contribution in [-0.4, -0.2) is 18.8 Å². The van der Waals surface area contributed by atoms with E-state index in [0.717, 1.165) is 6.67 Å². The minimum atomic E-state index is 0.505. The van der Waals surface area contributed by atoms with E-state index in [4.69, 9.17) is 0 Å². The second-order valence-corrected chi connectivity index (χ2v) is 6.14. The van der Waals surface area contributed by atoms with Gasteiger partial charge in [-0.3, -0.25) is 0 Å². The number of hydrogen-bond donors (Lipinski definition) is 0. The maximum atomic E-state index is 2.52. The van der Waals surface area contributed by atoms with Gasteiger partial charge in [0.05, 0.1) is 6.67 Å².